The van der Waals surface area contributed by atoms with Crippen molar-refractivity contribution in [3.05, 3.63) is 57.5 Å². The summed E-state index contributed by atoms with van der Waals surface area (Å²) in [5, 5.41) is 15.3. The molecule has 0 spiro atoms. The predicted octanol–water partition coefficient (Wildman–Crippen LogP) is 5.61. The molecule has 2 aromatic heterocycles. The van der Waals surface area contributed by atoms with Crippen LogP contribution in [-0.4, -0.2) is 83.7 Å². The third-order valence-corrected chi connectivity index (χ3v) is 7.88. The van der Waals surface area contributed by atoms with Crippen LogP contribution in [0.5, 0.6) is 5.75 Å². The number of nitro groups is 1. The Balaban J connectivity index is 1.76. The number of carbonyl (C=O) groups excluding carboxylic acids is 1. The van der Waals surface area contributed by atoms with Crippen molar-refractivity contribution in [2.24, 2.45) is 0 Å². The van der Waals surface area contributed by atoms with E-state index in [1.165, 1.54) is 19.4 Å². The van der Waals surface area contributed by atoms with E-state index >= 15 is 0 Å². The largest absolute Gasteiger partial charge is 0.494 e. The van der Waals surface area contributed by atoms with Gasteiger partial charge in [0.2, 0.25) is 5.95 Å². The zero-order chi connectivity index (χ0) is 33.1. The Bertz CT molecular complexity index is 1560. The minimum atomic E-state index is -0.553. The third kappa shape index (κ3) is 7.25. The summed E-state index contributed by atoms with van der Waals surface area (Å²) in [7, 11) is 3.33. The Hall–Kier alpha value is -4.52. The number of nitro benzene ring substituents is 1. The number of nitrogens with one attached hydrogen (secondary N) is 1. The minimum Gasteiger partial charge on any atom is -0.494 e. The second-order valence-corrected chi connectivity index (χ2v) is 12.0. The van der Waals surface area contributed by atoms with Crippen molar-refractivity contribution < 1.29 is 19.2 Å². The summed E-state index contributed by atoms with van der Waals surface area (Å²) in [5.41, 5.74) is 3.15. The first-order valence-corrected chi connectivity index (χ1v) is 15.2. The van der Waals surface area contributed by atoms with Crippen LogP contribution in [0.3, 0.4) is 0 Å². The number of pyridine rings is 1. The average molecular weight is 621 g/mol. The van der Waals surface area contributed by atoms with Gasteiger partial charge in [-0.2, -0.15) is 4.98 Å². The molecule has 13 nitrogen and oxygen atoms in total. The second-order valence-electron chi connectivity index (χ2n) is 12.0. The first kappa shape index (κ1) is 33.4. The summed E-state index contributed by atoms with van der Waals surface area (Å²) < 4.78 is 11.2. The van der Waals surface area contributed by atoms with E-state index in [0.29, 0.717) is 36.0 Å². The van der Waals surface area contributed by atoms with E-state index in [-0.39, 0.29) is 28.7 Å². The molecule has 4 rings (SSSR count). The highest BCUT2D eigenvalue weighted by Gasteiger charge is 2.40. The molecule has 3 aromatic rings. The molecule has 0 saturated carbocycles. The van der Waals surface area contributed by atoms with Crippen molar-refractivity contribution in [2.75, 3.05) is 62.0 Å². The van der Waals surface area contributed by atoms with E-state index in [1.54, 1.807) is 19.9 Å². The van der Waals surface area contributed by atoms with E-state index in [2.05, 4.69) is 42.9 Å². The molecule has 0 amide bonds. The standard InChI is InChI=1S/C32H44N8O5/c1-10-38(11-2)15-14-37(8)25-17-27(44-9)23(16-26(25)40(42)43)35-31-33-18-22(30(41)45-20(3)4)29(36-31)39-19-32(6,7)28-24(39)13-12-21(5)34-28/h12-13,16-18,20H,10-11,14-15,19H2,1-9H3,(H,33,35,36). The highest BCUT2D eigenvalue weighted by atomic mass is 16.6. The van der Waals surface area contributed by atoms with E-state index in [4.69, 9.17) is 19.4 Å². The number of fused-ring (bicyclic) bond motifs is 1. The van der Waals surface area contributed by atoms with E-state index in [9.17, 15) is 14.9 Å². The molecule has 13 heteroatoms. The molecule has 242 valence electrons. The maximum Gasteiger partial charge on any atom is 0.343 e. The maximum atomic E-state index is 13.2. The van der Waals surface area contributed by atoms with Crippen LogP contribution in [0.25, 0.3) is 0 Å². The lowest BCUT2D eigenvalue weighted by molar-refractivity contribution is -0.384. The zero-order valence-electron chi connectivity index (χ0n) is 27.7. The smallest absolute Gasteiger partial charge is 0.343 e. The van der Waals surface area contributed by atoms with Crippen molar-refractivity contribution in [3.63, 3.8) is 0 Å². The number of methoxy groups -OCH3 is 1. The molecular formula is C32H44N8O5. The normalized spacial score (nSPS) is 13.6. The topological polar surface area (TPSA) is 139 Å². The van der Waals surface area contributed by atoms with Crippen molar-refractivity contribution in [1.82, 2.24) is 19.9 Å². The van der Waals surface area contributed by atoms with Crippen molar-refractivity contribution in [2.45, 2.75) is 60.0 Å². The van der Waals surface area contributed by atoms with Crippen LogP contribution in [0.15, 0.2) is 30.5 Å². The van der Waals surface area contributed by atoms with Crippen LogP contribution < -0.4 is 19.9 Å². The van der Waals surface area contributed by atoms with Crippen LogP contribution >= 0.6 is 0 Å². The number of nitrogens with zero attached hydrogens (tertiary/aromatic N) is 7. The molecule has 1 aliphatic rings. The molecule has 0 atom stereocenters. The fourth-order valence-corrected chi connectivity index (χ4v) is 5.42. The molecule has 0 aliphatic carbocycles. The van der Waals surface area contributed by atoms with Gasteiger partial charge in [-0.25, -0.2) is 9.78 Å². The molecule has 0 bridgehead atoms. The quantitative estimate of drug-likeness (QED) is 0.144. The first-order chi connectivity index (χ1) is 21.3. The Morgan fingerprint density at radius 1 is 1.18 bits per heavy atom. The number of hydrogen-bond donors (Lipinski definition) is 1. The van der Waals surface area contributed by atoms with Gasteiger partial charge < -0.3 is 29.5 Å². The van der Waals surface area contributed by atoms with Gasteiger partial charge in [0.1, 0.15) is 17.0 Å². The molecular weight excluding hydrogens is 576 g/mol. The molecule has 3 heterocycles. The SMILES string of the molecule is CCN(CC)CCN(C)c1cc(OC)c(Nc2ncc(C(=O)OC(C)C)c(N3CC(C)(C)c4nc(C)ccc43)n2)cc1[N+](=O)[O-]. The number of carbonyl (C=O) groups is 1. The Labute approximate surface area is 264 Å². The summed E-state index contributed by atoms with van der Waals surface area (Å²) in [6.45, 7) is 17.5. The van der Waals surface area contributed by atoms with Crippen LogP contribution in [0.2, 0.25) is 0 Å². The second kappa shape index (κ2) is 13.6. The fraction of sp³-hybridized carbons (Fsp3) is 0.500. The number of ether oxygens (including phenoxy) is 2. The number of hydrogen-bond acceptors (Lipinski definition) is 12. The van der Waals surface area contributed by atoms with E-state index < -0.39 is 10.9 Å². The van der Waals surface area contributed by atoms with Gasteiger partial charge in [0.25, 0.3) is 5.69 Å². The van der Waals surface area contributed by atoms with Gasteiger partial charge in [0, 0.05) is 56.1 Å². The minimum absolute atomic E-state index is 0.0886. The summed E-state index contributed by atoms with van der Waals surface area (Å²) in [4.78, 5) is 45.1. The number of anilines is 5. The highest BCUT2D eigenvalue weighted by molar-refractivity contribution is 5.96. The number of rotatable bonds is 13. The van der Waals surface area contributed by atoms with Crippen LogP contribution in [0.1, 0.15) is 63.3 Å². The van der Waals surface area contributed by atoms with Crippen molar-refractivity contribution >= 4 is 40.5 Å². The molecule has 0 radical (unpaired) electrons. The fourth-order valence-electron chi connectivity index (χ4n) is 5.42. The Morgan fingerprint density at radius 2 is 1.89 bits per heavy atom. The zero-order valence-corrected chi connectivity index (χ0v) is 27.7. The number of esters is 1. The van der Waals surface area contributed by atoms with Crippen molar-refractivity contribution in [1.29, 1.82) is 0 Å². The number of likely N-dealkylation sites (N-methyl/N-ethyl adjacent to an activating group) is 2. The molecule has 0 unspecified atom stereocenters. The summed E-state index contributed by atoms with van der Waals surface area (Å²) in [6.07, 6.45) is 1.07. The highest BCUT2D eigenvalue weighted by Crippen LogP contribution is 2.44. The molecule has 0 fully saturated rings. The number of aromatic nitrogens is 3. The van der Waals surface area contributed by atoms with E-state index in [0.717, 1.165) is 36.7 Å². The van der Waals surface area contributed by atoms with Crippen LogP contribution in [0.4, 0.5) is 34.5 Å². The lowest BCUT2D eigenvalue weighted by Crippen LogP contribution is -2.33. The van der Waals surface area contributed by atoms with Gasteiger partial charge in [-0.15, -0.1) is 0 Å². The molecule has 0 saturated heterocycles. The Kier molecular flexibility index (Phi) is 10.1. The van der Waals surface area contributed by atoms with Gasteiger partial charge in [0.05, 0.1) is 35.2 Å². The van der Waals surface area contributed by atoms with Gasteiger partial charge in [-0.1, -0.05) is 27.7 Å². The lowest BCUT2D eigenvalue weighted by atomic mass is 9.91. The Morgan fingerprint density at radius 3 is 2.51 bits per heavy atom. The summed E-state index contributed by atoms with van der Waals surface area (Å²) in [5.74, 6) is 0.304. The summed E-state index contributed by atoms with van der Waals surface area (Å²) >= 11 is 0. The molecule has 1 N–H and O–H groups in total. The van der Waals surface area contributed by atoms with E-state index in [1.807, 2.05) is 35.9 Å². The van der Waals surface area contributed by atoms with Gasteiger partial charge in [-0.05, 0) is 46.0 Å². The van der Waals surface area contributed by atoms with Gasteiger partial charge >= 0.3 is 5.97 Å². The number of benzene rings is 1. The summed E-state index contributed by atoms with van der Waals surface area (Å²) in [6, 6.07) is 6.96. The third-order valence-electron chi connectivity index (χ3n) is 7.88. The predicted molar refractivity (Wildman–Crippen MR) is 176 cm³/mol. The van der Waals surface area contributed by atoms with Gasteiger partial charge in [0.15, 0.2) is 5.82 Å². The van der Waals surface area contributed by atoms with Crippen molar-refractivity contribution in [3.8, 4) is 5.75 Å². The first-order valence-electron chi connectivity index (χ1n) is 15.2. The van der Waals surface area contributed by atoms with Gasteiger partial charge in [-0.3, -0.25) is 15.1 Å². The molecule has 1 aromatic carbocycles. The van der Waals surface area contributed by atoms with Crippen LogP contribution in [0, 0.1) is 17.0 Å². The number of aryl methyl sites for hydroxylation is 1. The monoisotopic (exact) mass is 620 g/mol. The average Bonchev–Trinajstić information content (AvgIpc) is 3.26. The maximum absolute atomic E-state index is 13.2. The molecule has 45 heavy (non-hydrogen) atoms. The molecule has 1 aliphatic heterocycles. The lowest BCUT2D eigenvalue weighted by Gasteiger charge is -2.25. The van der Waals surface area contributed by atoms with Crippen LogP contribution in [-0.2, 0) is 10.2 Å².